The molecule has 1 heterocycles. The minimum atomic E-state index is -0.432. The lowest BCUT2D eigenvalue weighted by atomic mass is 9.87. The maximum Gasteiger partial charge on any atom is 0.248 e. The van der Waals surface area contributed by atoms with Gasteiger partial charge in [-0.1, -0.05) is 71.7 Å². The van der Waals surface area contributed by atoms with E-state index >= 15 is 0 Å². The van der Waals surface area contributed by atoms with Crippen molar-refractivity contribution < 1.29 is 13.9 Å². The van der Waals surface area contributed by atoms with Crippen molar-refractivity contribution in [3.63, 3.8) is 0 Å². The van der Waals surface area contributed by atoms with E-state index < -0.39 is 5.91 Å². The highest BCUT2D eigenvalue weighted by Crippen LogP contribution is 2.43. The van der Waals surface area contributed by atoms with Crippen LogP contribution in [0.2, 0.25) is 10.0 Å². The van der Waals surface area contributed by atoms with Gasteiger partial charge in [0.15, 0.2) is 0 Å². The fraction of sp³-hybridized carbons (Fsp3) is 0.289. The molecule has 1 saturated heterocycles. The van der Waals surface area contributed by atoms with E-state index in [2.05, 4.69) is 47.4 Å². The molecule has 4 aromatic rings. The third kappa shape index (κ3) is 7.27. The number of likely N-dealkylation sites (tertiary alicyclic amines) is 1. The number of allylic oxidation sites excluding steroid dienone is 1. The van der Waals surface area contributed by atoms with Gasteiger partial charge in [0.25, 0.3) is 0 Å². The number of benzene rings is 4. The summed E-state index contributed by atoms with van der Waals surface area (Å²) in [6.07, 6.45) is 4.44. The quantitative estimate of drug-likeness (QED) is 0.188. The number of nitrogens with two attached hydrogens (primary N) is 1. The van der Waals surface area contributed by atoms with E-state index in [0.717, 1.165) is 78.9 Å². The largest absolute Gasteiger partial charge is 0.493 e. The Morgan fingerprint density at radius 1 is 0.889 bits per heavy atom. The Balaban J connectivity index is 1.32. The third-order valence-electron chi connectivity index (χ3n) is 8.91. The molecule has 4 aromatic carbocycles. The lowest BCUT2D eigenvalue weighted by molar-refractivity contribution is 0.100. The van der Waals surface area contributed by atoms with Gasteiger partial charge in [-0.05, 0) is 120 Å². The summed E-state index contributed by atoms with van der Waals surface area (Å²) in [5.74, 6) is 0.871. The number of carbonyl (C=O) groups is 1. The van der Waals surface area contributed by atoms with E-state index in [1.807, 2.05) is 30.3 Å². The van der Waals surface area contributed by atoms with Crippen LogP contribution < -0.4 is 10.5 Å². The van der Waals surface area contributed by atoms with Crippen molar-refractivity contribution in [3.8, 4) is 16.9 Å². The molecule has 45 heavy (non-hydrogen) atoms. The van der Waals surface area contributed by atoms with Crippen molar-refractivity contribution in [2.75, 3.05) is 32.9 Å². The summed E-state index contributed by atoms with van der Waals surface area (Å²) in [6, 6.07) is 28.2. The summed E-state index contributed by atoms with van der Waals surface area (Å²) in [7, 11) is 0. The number of hydrogen-bond acceptors (Lipinski definition) is 3. The molecule has 6 rings (SSSR count). The zero-order valence-corrected chi connectivity index (χ0v) is 26.7. The fourth-order valence-electron chi connectivity index (χ4n) is 6.59. The average Bonchev–Trinajstić information content (AvgIpc) is 3.42. The number of hydrogen-bond donors (Lipinski definition) is 1. The molecule has 2 N–H and O–H groups in total. The standard InChI is InChI=1S/C38H37Cl2FN2O2/c39-31-12-16-34(36(40)22-31)35-4-1-3-30-21-29(26-5-7-28(8-6-26)38(42)44)11-15-33(30)37(35)27-9-13-32(14-10-27)45-24-25-17-20-43(23-25)19-2-18-41/h5-16,21-22,25H,1-4,17-20,23-24H2,(H2,42,44)/t25-/m0/s1. The maximum atomic E-state index is 12.6. The molecule has 0 saturated carbocycles. The second-order valence-electron chi connectivity index (χ2n) is 12.0. The summed E-state index contributed by atoms with van der Waals surface area (Å²) >= 11 is 13.1. The molecule has 1 fully saturated rings. The van der Waals surface area contributed by atoms with Crippen LogP contribution in [0.25, 0.3) is 22.3 Å². The molecule has 0 radical (unpaired) electrons. The van der Waals surface area contributed by atoms with Gasteiger partial charge in [-0.15, -0.1) is 0 Å². The summed E-state index contributed by atoms with van der Waals surface area (Å²) in [5.41, 5.74) is 15.0. The zero-order chi connectivity index (χ0) is 31.3. The monoisotopic (exact) mass is 642 g/mol. The van der Waals surface area contributed by atoms with Gasteiger partial charge in [0.2, 0.25) is 5.91 Å². The molecule has 1 atom stereocenters. The van der Waals surface area contributed by atoms with Crippen LogP contribution in [-0.4, -0.2) is 43.7 Å². The van der Waals surface area contributed by atoms with E-state index in [4.69, 9.17) is 33.7 Å². The molecule has 0 unspecified atom stereocenters. The lowest BCUT2D eigenvalue weighted by Crippen LogP contribution is -2.23. The predicted octanol–water partition coefficient (Wildman–Crippen LogP) is 9.12. The lowest BCUT2D eigenvalue weighted by Gasteiger charge is -2.19. The van der Waals surface area contributed by atoms with Crippen molar-refractivity contribution >= 4 is 40.3 Å². The smallest absolute Gasteiger partial charge is 0.248 e. The Bertz CT molecular complexity index is 1700. The Labute approximate surface area is 274 Å². The molecule has 1 aliphatic carbocycles. The second-order valence-corrected chi connectivity index (χ2v) is 12.8. The van der Waals surface area contributed by atoms with Gasteiger partial charge in [-0.2, -0.15) is 0 Å². The number of rotatable bonds is 10. The first-order chi connectivity index (χ1) is 21.9. The van der Waals surface area contributed by atoms with Crippen LogP contribution in [-0.2, 0) is 6.42 Å². The van der Waals surface area contributed by atoms with Crippen LogP contribution in [0.4, 0.5) is 4.39 Å². The molecular weight excluding hydrogens is 606 g/mol. The van der Waals surface area contributed by atoms with Crippen molar-refractivity contribution in [1.29, 1.82) is 0 Å². The molecule has 1 aliphatic heterocycles. The van der Waals surface area contributed by atoms with Crippen LogP contribution in [0.1, 0.15) is 58.3 Å². The van der Waals surface area contributed by atoms with E-state index in [1.165, 1.54) is 16.7 Å². The van der Waals surface area contributed by atoms with E-state index in [9.17, 15) is 9.18 Å². The number of alkyl halides is 1. The first-order valence-corrected chi connectivity index (χ1v) is 16.4. The molecule has 232 valence electrons. The Kier molecular flexibility index (Phi) is 9.89. The highest BCUT2D eigenvalue weighted by Gasteiger charge is 2.24. The molecular formula is C38H37Cl2FN2O2. The van der Waals surface area contributed by atoms with Crippen LogP contribution in [0, 0.1) is 5.92 Å². The number of amides is 1. The number of ether oxygens (including phenoxy) is 1. The van der Waals surface area contributed by atoms with Crippen LogP contribution in [0.5, 0.6) is 5.75 Å². The Morgan fingerprint density at radius 2 is 1.62 bits per heavy atom. The third-order valence-corrected chi connectivity index (χ3v) is 9.46. The fourth-order valence-corrected chi connectivity index (χ4v) is 7.12. The SMILES string of the molecule is NC(=O)c1ccc(-c2ccc3c(c2)CCCC(c2ccc(Cl)cc2Cl)=C3c2ccc(OC[C@H]3CCN(CCCF)C3)cc2)cc1. The van der Waals surface area contributed by atoms with Gasteiger partial charge in [0, 0.05) is 34.6 Å². The molecule has 4 nitrogen and oxygen atoms in total. The molecule has 2 aliphatic rings. The number of carbonyl (C=O) groups excluding carboxylic acids is 1. The number of fused-ring (bicyclic) bond motifs is 1. The number of nitrogens with zero attached hydrogens (tertiary/aromatic N) is 1. The van der Waals surface area contributed by atoms with Crippen molar-refractivity contribution in [2.45, 2.75) is 32.1 Å². The first kappa shape index (κ1) is 31.3. The van der Waals surface area contributed by atoms with Crippen LogP contribution >= 0.6 is 23.2 Å². The summed E-state index contributed by atoms with van der Waals surface area (Å²) in [6.45, 7) is 3.19. The van der Waals surface area contributed by atoms with E-state index in [0.29, 0.717) is 34.6 Å². The second kappa shape index (κ2) is 14.2. The van der Waals surface area contributed by atoms with Gasteiger partial charge in [-0.3, -0.25) is 9.18 Å². The molecule has 0 bridgehead atoms. The molecule has 0 spiro atoms. The molecule has 7 heteroatoms. The highest BCUT2D eigenvalue weighted by atomic mass is 35.5. The van der Waals surface area contributed by atoms with Crippen LogP contribution in [0.3, 0.4) is 0 Å². The van der Waals surface area contributed by atoms with Crippen molar-refractivity contribution in [3.05, 3.63) is 123 Å². The van der Waals surface area contributed by atoms with Gasteiger partial charge in [-0.25, -0.2) is 0 Å². The molecule has 0 aromatic heterocycles. The first-order valence-electron chi connectivity index (χ1n) is 15.6. The van der Waals surface area contributed by atoms with Gasteiger partial charge < -0.3 is 15.4 Å². The van der Waals surface area contributed by atoms with Gasteiger partial charge >= 0.3 is 0 Å². The average molecular weight is 644 g/mol. The minimum absolute atomic E-state index is 0.260. The van der Waals surface area contributed by atoms with Crippen LogP contribution in [0.15, 0.2) is 84.9 Å². The minimum Gasteiger partial charge on any atom is -0.493 e. The molecule has 1 amide bonds. The van der Waals surface area contributed by atoms with Crippen molar-refractivity contribution in [1.82, 2.24) is 4.90 Å². The highest BCUT2D eigenvalue weighted by molar-refractivity contribution is 6.36. The summed E-state index contributed by atoms with van der Waals surface area (Å²) in [4.78, 5) is 13.9. The van der Waals surface area contributed by atoms with Gasteiger partial charge in [0.05, 0.1) is 13.3 Å². The van der Waals surface area contributed by atoms with Crippen molar-refractivity contribution in [2.24, 2.45) is 11.7 Å². The topological polar surface area (TPSA) is 55.6 Å². The summed E-state index contributed by atoms with van der Waals surface area (Å²) in [5, 5.41) is 1.25. The van der Waals surface area contributed by atoms with E-state index in [1.54, 1.807) is 12.1 Å². The Hall–Kier alpha value is -3.64. The van der Waals surface area contributed by atoms with E-state index in [-0.39, 0.29) is 6.67 Å². The normalized spacial score (nSPS) is 16.8. The number of aryl methyl sites for hydroxylation is 1. The number of halogens is 3. The Morgan fingerprint density at radius 3 is 2.36 bits per heavy atom. The number of primary amides is 1. The predicted molar refractivity (Wildman–Crippen MR) is 183 cm³/mol. The zero-order valence-electron chi connectivity index (χ0n) is 25.2. The van der Waals surface area contributed by atoms with Gasteiger partial charge in [0.1, 0.15) is 5.75 Å². The maximum absolute atomic E-state index is 12.6. The summed E-state index contributed by atoms with van der Waals surface area (Å²) < 4.78 is 18.8.